The predicted molar refractivity (Wildman–Crippen MR) is 46.7 cm³/mol. The maximum atomic E-state index is 11.9. The molecule has 1 N–H and O–H groups in total. The number of hydrogen-bond acceptors (Lipinski definition) is 3. The number of carboxylic acid groups (broad SMARTS) is 1. The third-order valence-electron chi connectivity index (χ3n) is 1.58. The van der Waals surface area contributed by atoms with Crippen molar-refractivity contribution in [3.05, 3.63) is 23.8 Å². The lowest BCUT2D eigenvalue weighted by Gasteiger charge is -2.09. The maximum absolute atomic E-state index is 11.9. The summed E-state index contributed by atoms with van der Waals surface area (Å²) in [6, 6.07) is 2.28. The van der Waals surface area contributed by atoms with E-state index in [1.807, 2.05) is 0 Å². The van der Waals surface area contributed by atoms with Crippen LogP contribution in [0.3, 0.4) is 0 Å². The smallest absolute Gasteiger partial charge is 0.387 e. The van der Waals surface area contributed by atoms with Crippen molar-refractivity contribution in [2.45, 2.75) is 13.2 Å². The zero-order valence-corrected chi connectivity index (χ0v) is 8.07. The molecular formula is C9H6F4O4. The molecule has 0 radical (unpaired) electrons. The van der Waals surface area contributed by atoms with Crippen LogP contribution >= 0.6 is 0 Å². The summed E-state index contributed by atoms with van der Waals surface area (Å²) in [5.74, 6) is -2.63. The number of carboxylic acids is 1. The van der Waals surface area contributed by atoms with Crippen LogP contribution in [-0.2, 0) is 0 Å². The molecule has 4 nitrogen and oxygen atoms in total. The lowest BCUT2D eigenvalue weighted by Crippen LogP contribution is -2.07. The molecule has 1 aromatic rings. The zero-order valence-electron chi connectivity index (χ0n) is 8.07. The molecule has 0 saturated heterocycles. The van der Waals surface area contributed by atoms with E-state index in [9.17, 15) is 22.4 Å². The van der Waals surface area contributed by atoms with Crippen molar-refractivity contribution in [1.82, 2.24) is 0 Å². The van der Waals surface area contributed by atoms with Crippen LogP contribution in [0.2, 0.25) is 0 Å². The van der Waals surface area contributed by atoms with E-state index in [1.54, 1.807) is 0 Å². The number of hydrogen-bond donors (Lipinski definition) is 1. The Labute approximate surface area is 92.4 Å². The monoisotopic (exact) mass is 254 g/mol. The molecule has 0 aromatic heterocycles. The van der Waals surface area contributed by atoms with Gasteiger partial charge in [0.15, 0.2) is 0 Å². The van der Waals surface area contributed by atoms with E-state index in [0.717, 1.165) is 18.2 Å². The number of ether oxygens (including phenoxy) is 2. The molecular weight excluding hydrogens is 248 g/mol. The van der Waals surface area contributed by atoms with Gasteiger partial charge in [-0.15, -0.1) is 0 Å². The molecule has 1 rings (SSSR count). The molecule has 0 unspecified atom stereocenters. The van der Waals surface area contributed by atoms with Crippen LogP contribution in [0, 0.1) is 0 Å². The van der Waals surface area contributed by atoms with E-state index in [1.165, 1.54) is 0 Å². The second-order valence-corrected chi connectivity index (χ2v) is 2.76. The van der Waals surface area contributed by atoms with Crippen molar-refractivity contribution in [2.24, 2.45) is 0 Å². The fraction of sp³-hybridized carbons (Fsp3) is 0.222. The van der Waals surface area contributed by atoms with Crippen LogP contribution in [0.25, 0.3) is 0 Å². The van der Waals surface area contributed by atoms with E-state index < -0.39 is 36.3 Å². The van der Waals surface area contributed by atoms with Gasteiger partial charge in [0.1, 0.15) is 11.5 Å². The molecule has 8 heteroatoms. The Balaban J connectivity index is 3.04. The van der Waals surface area contributed by atoms with Gasteiger partial charge in [-0.2, -0.15) is 17.6 Å². The summed E-state index contributed by atoms with van der Waals surface area (Å²) in [5.41, 5.74) is -0.501. The van der Waals surface area contributed by atoms with Gasteiger partial charge >= 0.3 is 19.2 Å². The number of aromatic carboxylic acids is 1. The standard InChI is InChI=1S/C9H6F4O4/c10-8(11)16-5-1-4(7(14)15)2-6(3-5)17-9(12)13/h1-3,8-9H,(H,14,15). The Bertz CT molecular complexity index is 380. The summed E-state index contributed by atoms with van der Waals surface area (Å²) in [5, 5.41) is 8.62. The number of alkyl halides is 4. The first-order chi connectivity index (χ1) is 7.88. The minimum absolute atomic E-state index is 0.501. The SMILES string of the molecule is O=C(O)c1cc(OC(F)F)cc(OC(F)F)c1. The van der Waals surface area contributed by atoms with E-state index in [2.05, 4.69) is 9.47 Å². The molecule has 1 aromatic carbocycles. The quantitative estimate of drug-likeness (QED) is 0.820. The third kappa shape index (κ3) is 4.17. The van der Waals surface area contributed by atoms with Gasteiger partial charge in [0.2, 0.25) is 0 Å². The van der Waals surface area contributed by atoms with E-state index in [-0.39, 0.29) is 0 Å². The Kier molecular flexibility index (Phi) is 4.13. The van der Waals surface area contributed by atoms with Gasteiger partial charge in [-0.3, -0.25) is 0 Å². The summed E-state index contributed by atoms with van der Waals surface area (Å²) >= 11 is 0. The molecule has 17 heavy (non-hydrogen) atoms. The molecule has 0 bridgehead atoms. The number of benzene rings is 1. The van der Waals surface area contributed by atoms with E-state index >= 15 is 0 Å². The Morgan fingerprint density at radius 2 is 1.41 bits per heavy atom. The minimum Gasteiger partial charge on any atom is -0.478 e. The van der Waals surface area contributed by atoms with E-state index in [0.29, 0.717) is 0 Å². The molecule has 0 atom stereocenters. The van der Waals surface area contributed by atoms with Gasteiger partial charge in [-0.05, 0) is 12.1 Å². The normalized spacial score (nSPS) is 10.7. The molecule has 0 saturated carbocycles. The average molecular weight is 254 g/mol. The molecule has 0 spiro atoms. The second kappa shape index (κ2) is 5.37. The van der Waals surface area contributed by atoms with Gasteiger partial charge in [-0.25, -0.2) is 4.79 Å². The number of halogens is 4. The van der Waals surface area contributed by atoms with Crippen LogP contribution in [0.4, 0.5) is 17.6 Å². The molecule has 94 valence electrons. The predicted octanol–water partition coefficient (Wildman–Crippen LogP) is 2.59. The van der Waals surface area contributed by atoms with Gasteiger partial charge < -0.3 is 14.6 Å². The lowest BCUT2D eigenvalue weighted by atomic mass is 10.2. The molecule has 0 aliphatic rings. The highest BCUT2D eigenvalue weighted by atomic mass is 19.3. The molecule has 0 aliphatic heterocycles. The zero-order chi connectivity index (χ0) is 13.0. The summed E-state index contributed by atoms with van der Waals surface area (Å²) in [4.78, 5) is 10.6. The fourth-order valence-corrected chi connectivity index (χ4v) is 1.04. The van der Waals surface area contributed by atoms with Gasteiger partial charge in [0.25, 0.3) is 0 Å². The van der Waals surface area contributed by atoms with Crippen LogP contribution in [-0.4, -0.2) is 24.3 Å². The molecule has 0 amide bonds. The van der Waals surface area contributed by atoms with Crippen LogP contribution in [0.5, 0.6) is 11.5 Å². The Morgan fingerprint density at radius 3 is 1.71 bits per heavy atom. The molecule has 0 heterocycles. The van der Waals surface area contributed by atoms with Crippen molar-refractivity contribution < 1.29 is 36.9 Å². The van der Waals surface area contributed by atoms with Crippen molar-refractivity contribution in [3.8, 4) is 11.5 Å². The highest BCUT2D eigenvalue weighted by Crippen LogP contribution is 2.25. The van der Waals surface area contributed by atoms with Gasteiger partial charge in [-0.1, -0.05) is 0 Å². The first-order valence-corrected chi connectivity index (χ1v) is 4.16. The first kappa shape index (κ1) is 13.1. The lowest BCUT2D eigenvalue weighted by molar-refractivity contribution is -0.0544. The number of rotatable bonds is 5. The van der Waals surface area contributed by atoms with Crippen LogP contribution in [0.1, 0.15) is 10.4 Å². The highest BCUT2D eigenvalue weighted by molar-refractivity contribution is 5.88. The summed E-state index contributed by atoms with van der Waals surface area (Å²) in [6.07, 6.45) is 0. The highest BCUT2D eigenvalue weighted by Gasteiger charge is 2.14. The van der Waals surface area contributed by atoms with Crippen molar-refractivity contribution in [2.75, 3.05) is 0 Å². The van der Waals surface area contributed by atoms with E-state index in [4.69, 9.17) is 5.11 Å². The molecule has 0 fully saturated rings. The van der Waals surface area contributed by atoms with Crippen LogP contribution in [0.15, 0.2) is 18.2 Å². The largest absolute Gasteiger partial charge is 0.478 e. The van der Waals surface area contributed by atoms with Crippen LogP contribution < -0.4 is 9.47 Å². The average Bonchev–Trinajstić information content (AvgIpc) is 2.14. The maximum Gasteiger partial charge on any atom is 0.387 e. The minimum atomic E-state index is -3.20. The summed E-state index contributed by atoms with van der Waals surface area (Å²) in [6.45, 7) is -6.39. The van der Waals surface area contributed by atoms with Crippen molar-refractivity contribution >= 4 is 5.97 Å². The Hall–Kier alpha value is -1.99. The Morgan fingerprint density at radius 1 is 1.00 bits per heavy atom. The summed E-state index contributed by atoms with van der Waals surface area (Å²) < 4.78 is 55.4. The fourth-order valence-electron chi connectivity index (χ4n) is 1.04. The third-order valence-corrected chi connectivity index (χ3v) is 1.58. The van der Waals surface area contributed by atoms with Gasteiger partial charge in [0.05, 0.1) is 5.56 Å². The first-order valence-electron chi connectivity index (χ1n) is 4.16. The summed E-state index contributed by atoms with van der Waals surface area (Å²) in [7, 11) is 0. The van der Waals surface area contributed by atoms with Crippen molar-refractivity contribution in [3.63, 3.8) is 0 Å². The number of carbonyl (C=O) groups is 1. The molecule has 0 aliphatic carbocycles. The topological polar surface area (TPSA) is 55.8 Å². The second-order valence-electron chi connectivity index (χ2n) is 2.76. The van der Waals surface area contributed by atoms with Gasteiger partial charge in [0, 0.05) is 6.07 Å². The van der Waals surface area contributed by atoms with Crippen molar-refractivity contribution in [1.29, 1.82) is 0 Å².